The third kappa shape index (κ3) is 6.34. The summed E-state index contributed by atoms with van der Waals surface area (Å²) in [7, 11) is -3.68. The standard InChI is InChI=1S/C6H13O5P/c1-5(2)11-12(9,10)4-3-6(7)8/h5H,3-4H2,1-2H3,(H,7,8)(H,9,10). The number of carboxylic acids is 1. The van der Waals surface area contributed by atoms with Gasteiger partial charge in [0.2, 0.25) is 0 Å². The first kappa shape index (κ1) is 11.6. The van der Waals surface area contributed by atoms with E-state index in [-0.39, 0.29) is 18.7 Å². The quantitative estimate of drug-likeness (QED) is 0.642. The second kappa shape index (κ2) is 4.60. The Labute approximate surface area is 70.9 Å². The molecule has 0 amide bonds. The van der Waals surface area contributed by atoms with E-state index >= 15 is 0 Å². The minimum Gasteiger partial charge on any atom is -0.481 e. The zero-order valence-corrected chi connectivity index (χ0v) is 7.95. The van der Waals surface area contributed by atoms with Crippen molar-refractivity contribution in [2.45, 2.75) is 26.4 Å². The van der Waals surface area contributed by atoms with Crippen molar-refractivity contribution in [1.29, 1.82) is 0 Å². The summed E-state index contributed by atoms with van der Waals surface area (Å²) < 4.78 is 15.6. The Morgan fingerprint density at radius 2 is 2.08 bits per heavy atom. The summed E-state index contributed by atoms with van der Waals surface area (Å²) in [6.45, 7) is 3.23. The highest BCUT2D eigenvalue weighted by Crippen LogP contribution is 2.43. The topological polar surface area (TPSA) is 83.8 Å². The lowest BCUT2D eigenvalue weighted by atomic mass is 10.5. The van der Waals surface area contributed by atoms with E-state index in [1.165, 1.54) is 0 Å². The van der Waals surface area contributed by atoms with Crippen molar-refractivity contribution >= 4 is 13.6 Å². The van der Waals surface area contributed by atoms with Gasteiger partial charge in [-0.25, -0.2) is 0 Å². The molecule has 0 saturated heterocycles. The lowest BCUT2D eigenvalue weighted by molar-refractivity contribution is -0.136. The largest absolute Gasteiger partial charge is 0.481 e. The van der Waals surface area contributed by atoms with Gasteiger partial charge in [0.1, 0.15) is 0 Å². The Balaban J connectivity index is 3.88. The van der Waals surface area contributed by atoms with Crippen LogP contribution in [0.1, 0.15) is 20.3 Å². The van der Waals surface area contributed by atoms with Crippen LogP contribution >= 0.6 is 7.60 Å². The molecule has 0 aliphatic rings. The van der Waals surface area contributed by atoms with Crippen LogP contribution in [-0.4, -0.2) is 28.2 Å². The van der Waals surface area contributed by atoms with Crippen LogP contribution in [0.5, 0.6) is 0 Å². The summed E-state index contributed by atoms with van der Waals surface area (Å²) in [5.74, 6) is -1.10. The molecule has 72 valence electrons. The molecule has 2 N–H and O–H groups in total. The Hall–Kier alpha value is -0.380. The van der Waals surface area contributed by atoms with E-state index in [2.05, 4.69) is 4.52 Å². The van der Waals surface area contributed by atoms with Crippen LogP contribution in [0.4, 0.5) is 0 Å². The molecule has 6 heteroatoms. The van der Waals surface area contributed by atoms with Gasteiger partial charge in [-0.15, -0.1) is 0 Å². The minimum atomic E-state index is -3.68. The summed E-state index contributed by atoms with van der Waals surface area (Å²) in [5.41, 5.74) is 0. The molecule has 12 heavy (non-hydrogen) atoms. The molecular formula is C6H13O5P. The molecule has 0 fully saturated rings. The maximum atomic E-state index is 11.0. The Morgan fingerprint density at radius 1 is 1.58 bits per heavy atom. The van der Waals surface area contributed by atoms with Crippen LogP contribution in [0, 0.1) is 0 Å². The third-order valence-corrected chi connectivity index (χ3v) is 2.52. The highest BCUT2D eigenvalue weighted by molar-refractivity contribution is 7.52. The maximum Gasteiger partial charge on any atom is 0.328 e. The predicted molar refractivity (Wildman–Crippen MR) is 43.2 cm³/mol. The van der Waals surface area contributed by atoms with Crippen molar-refractivity contribution in [1.82, 2.24) is 0 Å². The second-order valence-corrected chi connectivity index (χ2v) is 4.59. The highest BCUT2D eigenvalue weighted by atomic mass is 31.2. The van der Waals surface area contributed by atoms with Gasteiger partial charge in [-0.3, -0.25) is 9.36 Å². The maximum absolute atomic E-state index is 11.0. The van der Waals surface area contributed by atoms with Crippen LogP contribution in [0.25, 0.3) is 0 Å². The summed E-state index contributed by atoms with van der Waals surface area (Å²) in [6.07, 6.45) is -1.05. The highest BCUT2D eigenvalue weighted by Gasteiger charge is 2.21. The molecule has 0 rings (SSSR count). The molecule has 5 nitrogen and oxygen atoms in total. The average Bonchev–Trinajstić information content (AvgIpc) is 1.81. The Morgan fingerprint density at radius 3 is 2.42 bits per heavy atom. The van der Waals surface area contributed by atoms with E-state index in [1.807, 2.05) is 0 Å². The van der Waals surface area contributed by atoms with Gasteiger partial charge in [-0.05, 0) is 13.8 Å². The van der Waals surface area contributed by atoms with E-state index in [9.17, 15) is 9.36 Å². The van der Waals surface area contributed by atoms with Gasteiger partial charge in [0.25, 0.3) is 0 Å². The number of carboxylic acid groups (broad SMARTS) is 1. The normalized spacial score (nSPS) is 16.0. The first-order valence-corrected chi connectivity index (χ1v) is 5.32. The fourth-order valence-electron chi connectivity index (χ4n) is 0.619. The first-order chi connectivity index (χ1) is 5.33. The summed E-state index contributed by atoms with van der Waals surface area (Å²) in [6, 6.07) is 0. The molecule has 0 saturated carbocycles. The number of hydrogen-bond acceptors (Lipinski definition) is 3. The molecule has 1 atom stereocenters. The van der Waals surface area contributed by atoms with E-state index in [1.54, 1.807) is 13.8 Å². The first-order valence-electron chi connectivity index (χ1n) is 3.55. The van der Waals surface area contributed by atoms with Gasteiger partial charge >= 0.3 is 13.6 Å². The van der Waals surface area contributed by atoms with E-state index in [0.717, 1.165) is 0 Å². The van der Waals surface area contributed by atoms with Crippen LogP contribution in [-0.2, 0) is 13.9 Å². The van der Waals surface area contributed by atoms with Gasteiger partial charge in [0.05, 0.1) is 18.7 Å². The molecule has 0 aromatic heterocycles. The van der Waals surface area contributed by atoms with Gasteiger partial charge in [0, 0.05) is 0 Å². The molecular weight excluding hydrogens is 183 g/mol. The van der Waals surface area contributed by atoms with Crippen LogP contribution in [0.3, 0.4) is 0 Å². The molecule has 0 aromatic rings. The lowest BCUT2D eigenvalue weighted by Crippen LogP contribution is -2.06. The molecule has 1 unspecified atom stereocenters. The monoisotopic (exact) mass is 196 g/mol. The van der Waals surface area contributed by atoms with Crippen molar-refractivity contribution in [3.63, 3.8) is 0 Å². The minimum absolute atomic E-state index is 0.333. The zero-order chi connectivity index (χ0) is 9.78. The predicted octanol–water partition coefficient (Wildman–Crippen LogP) is 1.07. The Bertz CT molecular complexity index is 200. The van der Waals surface area contributed by atoms with E-state index < -0.39 is 13.6 Å². The molecule has 0 aliphatic heterocycles. The smallest absolute Gasteiger partial charge is 0.328 e. The fourth-order valence-corrected chi connectivity index (χ4v) is 1.86. The summed E-state index contributed by atoms with van der Waals surface area (Å²) in [5, 5.41) is 8.22. The van der Waals surface area contributed by atoms with Crippen LogP contribution < -0.4 is 0 Å². The molecule has 0 bridgehead atoms. The molecule has 0 spiro atoms. The van der Waals surface area contributed by atoms with Crippen molar-refractivity contribution in [2.75, 3.05) is 6.16 Å². The summed E-state index contributed by atoms with van der Waals surface area (Å²) >= 11 is 0. The number of aliphatic carboxylic acids is 1. The van der Waals surface area contributed by atoms with Crippen molar-refractivity contribution in [2.24, 2.45) is 0 Å². The number of hydrogen-bond donors (Lipinski definition) is 2. The summed E-state index contributed by atoms with van der Waals surface area (Å²) in [4.78, 5) is 19.0. The van der Waals surface area contributed by atoms with Gasteiger partial charge in [-0.1, -0.05) is 0 Å². The van der Waals surface area contributed by atoms with E-state index in [0.29, 0.717) is 0 Å². The molecule has 0 radical (unpaired) electrons. The molecule has 0 aliphatic carbocycles. The average molecular weight is 196 g/mol. The zero-order valence-electron chi connectivity index (χ0n) is 7.06. The van der Waals surface area contributed by atoms with Crippen LogP contribution in [0.2, 0.25) is 0 Å². The van der Waals surface area contributed by atoms with Gasteiger partial charge in [-0.2, -0.15) is 0 Å². The van der Waals surface area contributed by atoms with Crippen LogP contribution in [0.15, 0.2) is 0 Å². The van der Waals surface area contributed by atoms with Gasteiger partial charge < -0.3 is 14.5 Å². The van der Waals surface area contributed by atoms with Crippen molar-refractivity contribution < 1.29 is 23.9 Å². The second-order valence-electron chi connectivity index (χ2n) is 2.66. The third-order valence-electron chi connectivity index (χ3n) is 0.984. The number of rotatable bonds is 5. The lowest BCUT2D eigenvalue weighted by Gasteiger charge is -2.13. The van der Waals surface area contributed by atoms with Crippen molar-refractivity contribution in [3.8, 4) is 0 Å². The number of carbonyl (C=O) groups is 1. The fraction of sp³-hybridized carbons (Fsp3) is 0.833. The van der Waals surface area contributed by atoms with Gasteiger partial charge in [0.15, 0.2) is 0 Å². The Kier molecular flexibility index (Phi) is 4.45. The SMILES string of the molecule is CC(C)OP(=O)(O)CCC(=O)O. The molecule has 0 aromatic carbocycles. The molecule has 0 heterocycles. The van der Waals surface area contributed by atoms with E-state index in [4.69, 9.17) is 10.00 Å². The van der Waals surface area contributed by atoms with Crippen molar-refractivity contribution in [3.05, 3.63) is 0 Å².